The first-order valence-electron chi connectivity index (χ1n) is 5.55. The van der Waals surface area contributed by atoms with E-state index in [-0.39, 0.29) is 6.04 Å². The van der Waals surface area contributed by atoms with Gasteiger partial charge in [-0.2, -0.15) is 0 Å². The van der Waals surface area contributed by atoms with Gasteiger partial charge in [-0.25, -0.2) is 9.97 Å². The summed E-state index contributed by atoms with van der Waals surface area (Å²) >= 11 is 1.63. The van der Waals surface area contributed by atoms with Crippen LogP contribution >= 0.6 is 11.3 Å². The Hall–Kier alpha value is -1.62. The molecule has 1 N–H and O–H groups in total. The maximum absolute atomic E-state index is 5.46. The number of aromatic nitrogens is 2. The van der Waals surface area contributed by atoms with Gasteiger partial charge in [0.2, 0.25) is 5.88 Å². The molecule has 4 nitrogen and oxygen atoms in total. The van der Waals surface area contributed by atoms with E-state index >= 15 is 0 Å². The number of nitrogens with zero attached hydrogens (tertiary/aromatic N) is 2. The molecule has 2 aromatic rings. The minimum absolute atomic E-state index is 0.151. The maximum atomic E-state index is 5.46. The SMILES string of the molecule is CCOc1ncccc1NC(C)c1nccs1. The molecule has 0 spiro atoms. The van der Waals surface area contributed by atoms with E-state index in [1.165, 1.54) is 0 Å². The number of pyridine rings is 1. The van der Waals surface area contributed by atoms with Crippen LogP contribution in [0.5, 0.6) is 5.88 Å². The molecule has 0 amide bonds. The fourth-order valence-electron chi connectivity index (χ4n) is 1.50. The zero-order valence-electron chi connectivity index (χ0n) is 9.88. The van der Waals surface area contributed by atoms with Gasteiger partial charge in [-0.1, -0.05) is 0 Å². The summed E-state index contributed by atoms with van der Waals surface area (Å²) in [5.41, 5.74) is 0.900. The lowest BCUT2D eigenvalue weighted by Gasteiger charge is -2.15. The molecule has 0 bridgehead atoms. The molecule has 0 aliphatic carbocycles. The average Bonchev–Trinajstić information content (AvgIpc) is 2.85. The monoisotopic (exact) mass is 249 g/mol. The molecule has 0 aliphatic rings. The van der Waals surface area contributed by atoms with Crippen molar-refractivity contribution in [3.63, 3.8) is 0 Å². The van der Waals surface area contributed by atoms with Crippen molar-refractivity contribution in [1.29, 1.82) is 0 Å². The van der Waals surface area contributed by atoms with Crippen molar-refractivity contribution >= 4 is 17.0 Å². The minimum Gasteiger partial charge on any atom is -0.476 e. The first-order valence-corrected chi connectivity index (χ1v) is 6.43. The molecular weight excluding hydrogens is 234 g/mol. The Morgan fingerprint density at radius 3 is 3.00 bits per heavy atom. The largest absolute Gasteiger partial charge is 0.476 e. The summed E-state index contributed by atoms with van der Waals surface area (Å²) in [7, 11) is 0. The lowest BCUT2D eigenvalue weighted by atomic mass is 10.3. The predicted octanol–water partition coefficient (Wildman–Crippen LogP) is 3.11. The van der Waals surface area contributed by atoms with E-state index in [0.717, 1.165) is 10.7 Å². The molecule has 0 saturated heterocycles. The molecule has 0 saturated carbocycles. The van der Waals surface area contributed by atoms with Crippen molar-refractivity contribution in [3.8, 4) is 5.88 Å². The van der Waals surface area contributed by atoms with Gasteiger partial charge >= 0.3 is 0 Å². The van der Waals surface area contributed by atoms with Crippen LogP contribution in [0.15, 0.2) is 29.9 Å². The summed E-state index contributed by atoms with van der Waals surface area (Å²) < 4.78 is 5.46. The molecule has 0 aliphatic heterocycles. The molecule has 2 aromatic heterocycles. The van der Waals surface area contributed by atoms with E-state index < -0.39 is 0 Å². The first kappa shape index (κ1) is 11.9. The highest BCUT2D eigenvalue weighted by Crippen LogP contribution is 2.26. The van der Waals surface area contributed by atoms with Crippen LogP contribution in [0, 0.1) is 0 Å². The third-order valence-corrected chi connectivity index (χ3v) is 3.20. The Balaban J connectivity index is 2.12. The average molecular weight is 249 g/mol. The summed E-state index contributed by atoms with van der Waals surface area (Å²) in [5.74, 6) is 0.637. The van der Waals surface area contributed by atoms with Gasteiger partial charge in [0.15, 0.2) is 0 Å². The maximum Gasteiger partial charge on any atom is 0.237 e. The highest BCUT2D eigenvalue weighted by molar-refractivity contribution is 7.09. The number of anilines is 1. The van der Waals surface area contributed by atoms with Crippen LogP contribution in [0.25, 0.3) is 0 Å². The van der Waals surface area contributed by atoms with E-state index in [1.54, 1.807) is 17.5 Å². The summed E-state index contributed by atoms with van der Waals surface area (Å²) in [4.78, 5) is 8.48. The summed E-state index contributed by atoms with van der Waals surface area (Å²) in [5, 5.41) is 6.38. The van der Waals surface area contributed by atoms with Crippen molar-refractivity contribution in [2.45, 2.75) is 19.9 Å². The van der Waals surface area contributed by atoms with E-state index in [0.29, 0.717) is 12.5 Å². The molecule has 0 radical (unpaired) electrons. The van der Waals surface area contributed by atoms with E-state index in [9.17, 15) is 0 Å². The molecule has 1 unspecified atom stereocenters. The molecular formula is C12H15N3OS. The second kappa shape index (κ2) is 5.63. The Labute approximate surface area is 105 Å². The van der Waals surface area contributed by atoms with Crippen LogP contribution in [0.1, 0.15) is 24.9 Å². The lowest BCUT2D eigenvalue weighted by molar-refractivity contribution is 0.328. The van der Waals surface area contributed by atoms with Crippen molar-refractivity contribution in [2.24, 2.45) is 0 Å². The molecule has 2 heterocycles. The molecule has 2 rings (SSSR count). The van der Waals surface area contributed by atoms with Crippen molar-refractivity contribution < 1.29 is 4.74 Å². The number of ether oxygens (including phenoxy) is 1. The molecule has 1 atom stereocenters. The third-order valence-electron chi connectivity index (χ3n) is 2.25. The summed E-state index contributed by atoms with van der Waals surface area (Å²) in [6.45, 7) is 4.63. The van der Waals surface area contributed by atoms with Crippen LogP contribution in [0.2, 0.25) is 0 Å². The Morgan fingerprint density at radius 2 is 2.29 bits per heavy atom. The fraction of sp³-hybridized carbons (Fsp3) is 0.333. The summed E-state index contributed by atoms with van der Waals surface area (Å²) in [6, 6.07) is 4.00. The van der Waals surface area contributed by atoms with Gasteiger partial charge in [-0.3, -0.25) is 0 Å². The van der Waals surface area contributed by atoms with E-state index in [2.05, 4.69) is 22.2 Å². The van der Waals surface area contributed by atoms with Gasteiger partial charge < -0.3 is 10.1 Å². The van der Waals surface area contributed by atoms with Gasteiger partial charge in [-0.15, -0.1) is 11.3 Å². The van der Waals surface area contributed by atoms with Crippen LogP contribution in [-0.2, 0) is 0 Å². The lowest BCUT2D eigenvalue weighted by Crippen LogP contribution is -2.08. The van der Waals surface area contributed by atoms with Gasteiger partial charge in [0.1, 0.15) is 5.01 Å². The normalized spacial score (nSPS) is 12.1. The number of hydrogen-bond donors (Lipinski definition) is 1. The highest BCUT2D eigenvalue weighted by Gasteiger charge is 2.11. The van der Waals surface area contributed by atoms with Crippen LogP contribution in [0.4, 0.5) is 5.69 Å². The first-order chi connectivity index (χ1) is 8.31. The molecule has 5 heteroatoms. The molecule has 0 fully saturated rings. The van der Waals surface area contributed by atoms with E-state index in [4.69, 9.17) is 4.74 Å². The Kier molecular flexibility index (Phi) is 3.93. The fourth-order valence-corrected chi connectivity index (χ4v) is 2.14. The molecule has 0 aromatic carbocycles. The second-order valence-electron chi connectivity index (χ2n) is 3.53. The Bertz CT molecular complexity index is 459. The van der Waals surface area contributed by atoms with Crippen LogP contribution < -0.4 is 10.1 Å². The Morgan fingerprint density at radius 1 is 1.41 bits per heavy atom. The van der Waals surface area contributed by atoms with Crippen LogP contribution in [0.3, 0.4) is 0 Å². The highest BCUT2D eigenvalue weighted by atomic mass is 32.1. The van der Waals surface area contributed by atoms with Crippen molar-refractivity contribution in [1.82, 2.24) is 9.97 Å². The third kappa shape index (κ3) is 2.94. The zero-order valence-corrected chi connectivity index (χ0v) is 10.7. The number of thiazole rings is 1. The molecule has 17 heavy (non-hydrogen) atoms. The number of nitrogens with one attached hydrogen (secondary N) is 1. The standard InChI is InChI=1S/C12H15N3OS/c1-3-16-11-10(5-4-6-13-11)15-9(2)12-14-7-8-17-12/h4-9,15H,3H2,1-2H3. The van der Waals surface area contributed by atoms with Gasteiger partial charge in [0.25, 0.3) is 0 Å². The smallest absolute Gasteiger partial charge is 0.237 e. The second-order valence-corrected chi connectivity index (χ2v) is 4.45. The summed E-state index contributed by atoms with van der Waals surface area (Å²) in [6.07, 6.45) is 3.54. The topological polar surface area (TPSA) is 47.0 Å². The number of hydrogen-bond acceptors (Lipinski definition) is 5. The van der Waals surface area contributed by atoms with Gasteiger partial charge in [-0.05, 0) is 26.0 Å². The van der Waals surface area contributed by atoms with Crippen LogP contribution in [-0.4, -0.2) is 16.6 Å². The van der Waals surface area contributed by atoms with Gasteiger partial charge in [0.05, 0.1) is 18.3 Å². The van der Waals surface area contributed by atoms with E-state index in [1.807, 2.05) is 30.6 Å². The predicted molar refractivity (Wildman–Crippen MR) is 69.6 cm³/mol. The quantitative estimate of drug-likeness (QED) is 0.884. The van der Waals surface area contributed by atoms with Crippen molar-refractivity contribution in [2.75, 3.05) is 11.9 Å². The molecule has 90 valence electrons. The van der Waals surface area contributed by atoms with Crippen molar-refractivity contribution in [3.05, 3.63) is 34.9 Å². The van der Waals surface area contributed by atoms with Gasteiger partial charge in [0, 0.05) is 17.8 Å². The minimum atomic E-state index is 0.151. The number of rotatable bonds is 5. The zero-order chi connectivity index (χ0) is 12.1.